The van der Waals surface area contributed by atoms with Crippen LogP contribution in [0.4, 0.5) is 0 Å². The molecule has 4 unspecified atom stereocenters. The highest BCUT2D eigenvalue weighted by molar-refractivity contribution is 5.58. The quantitative estimate of drug-likeness (QED) is 0.509. The van der Waals surface area contributed by atoms with Crippen molar-refractivity contribution in [3.05, 3.63) is 108 Å². The van der Waals surface area contributed by atoms with E-state index in [0.717, 1.165) is 11.8 Å². The lowest BCUT2D eigenvalue weighted by Crippen LogP contribution is -2.41. The predicted molar refractivity (Wildman–Crippen MR) is 126 cm³/mol. The minimum absolute atomic E-state index is 0.662. The molecule has 3 aliphatic rings. The van der Waals surface area contributed by atoms with Gasteiger partial charge in [0, 0.05) is 11.8 Å². The minimum Gasteiger partial charge on any atom is -0.0625 e. The topological polar surface area (TPSA) is 0 Å². The van der Waals surface area contributed by atoms with Crippen LogP contribution in [0.2, 0.25) is 0 Å². The number of rotatable bonds is 4. The first-order valence-electron chi connectivity index (χ1n) is 11.8. The maximum Gasteiger partial charge on any atom is 0.0127 e. The average molecular weight is 395 g/mol. The van der Waals surface area contributed by atoms with Gasteiger partial charge in [-0.25, -0.2) is 0 Å². The van der Waals surface area contributed by atoms with Crippen LogP contribution in [0.3, 0.4) is 0 Å². The lowest BCUT2D eigenvalue weighted by molar-refractivity contribution is 0.0780. The fourth-order valence-electron chi connectivity index (χ4n) is 6.45. The van der Waals surface area contributed by atoms with Crippen LogP contribution in [0.25, 0.3) is 0 Å². The normalized spacial score (nSPS) is 29.5. The molecule has 154 valence electrons. The summed E-state index contributed by atoms with van der Waals surface area (Å²) in [6.45, 7) is 9.77. The molecule has 0 amide bonds. The van der Waals surface area contributed by atoms with E-state index in [1.54, 1.807) is 11.8 Å². The highest BCUT2D eigenvalue weighted by Gasteiger charge is 2.47. The van der Waals surface area contributed by atoms with Crippen LogP contribution in [0.5, 0.6) is 0 Å². The zero-order chi connectivity index (χ0) is 20.8. The third-order valence-corrected chi connectivity index (χ3v) is 8.03. The maximum absolute atomic E-state index is 2.44. The van der Waals surface area contributed by atoms with Gasteiger partial charge in [-0.2, -0.15) is 0 Å². The summed E-state index contributed by atoms with van der Waals surface area (Å²) in [5.41, 5.74) is 5.77. The Kier molecular flexibility index (Phi) is 5.55. The molecule has 2 aromatic rings. The third-order valence-electron chi connectivity index (χ3n) is 8.03. The first-order valence-corrected chi connectivity index (χ1v) is 11.8. The summed E-state index contributed by atoms with van der Waals surface area (Å²) >= 11 is 0. The second-order valence-electron chi connectivity index (χ2n) is 10.3. The van der Waals surface area contributed by atoms with Crippen molar-refractivity contribution >= 4 is 0 Å². The van der Waals surface area contributed by atoms with E-state index in [1.165, 1.54) is 35.1 Å². The van der Waals surface area contributed by atoms with Crippen LogP contribution < -0.4 is 0 Å². The van der Waals surface area contributed by atoms with Crippen molar-refractivity contribution in [2.45, 2.75) is 40.5 Å². The zero-order valence-corrected chi connectivity index (χ0v) is 18.8. The molecular weight excluding hydrogens is 360 g/mol. The summed E-state index contributed by atoms with van der Waals surface area (Å²) in [7, 11) is 0. The van der Waals surface area contributed by atoms with Gasteiger partial charge in [0.1, 0.15) is 0 Å². The molecule has 5 rings (SSSR count). The van der Waals surface area contributed by atoms with Crippen LogP contribution in [-0.2, 0) is 0 Å². The fourth-order valence-corrected chi connectivity index (χ4v) is 6.45. The van der Waals surface area contributed by atoms with E-state index < -0.39 is 0 Å². The average Bonchev–Trinajstić information content (AvgIpc) is 3.37. The van der Waals surface area contributed by atoms with Crippen molar-refractivity contribution in [1.29, 1.82) is 0 Å². The van der Waals surface area contributed by atoms with Gasteiger partial charge in [0.25, 0.3) is 0 Å². The Hall–Kier alpha value is -1.56. The van der Waals surface area contributed by atoms with Gasteiger partial charge in [-0.05, 0) is 96.3 Å². The molecule has 0 aromatic heterocycles. The molecule has 0 heteroatoms. The van der Waals surface area contributed by atoms with E-state index >= 15 is 0 Å². The van der Waals surface area contributed by atoms with Gasteiger partial charge in [-0.1, -0.05) is 76.2 Å². The fraction of sp³-hybridized carbons (Fsp3) is 0.400. The summed E-state index contributed by atoms with van der Waals surface area (Å²) < 4.78 is 0. The third kappa shape index (κ3) is 3.45. The molecule has 0 saturated heterocycles. The van der Waals surface area contributed by atoms with Gasteiger partial charge in [-0.15, -0.1) is 0 Å². The second kappa shape index (κ2) is 8.18. The van der Waals surface area contributed by atoms with E-state index in [2.05, 4.69) is 102 Å². The van der Waals surface area contributed by atoms with E-state index in [4.69, 9.17) is 0 Å². The standard InChI is InChI=1S/C30H34/c1-19(2)27-17-30(26-16-14-22-10-6-8-12-24(22)26)28(20(3)4)18-29(27)25-15-13-21-9-5-7-11-23(21)25/h5-16,19-20,27-30H,17-18H2,1-4H3. The molecule has 0 bridgehead atoms. The van der Waals surface area contributed by atoms with Gasteiger partial charge in [0.15, 0.2) is 0 Å². The summed E-state index contributed by atoms with van der Waals surface area (Å²) in [6, 6.07) is 18.0. The van der Waals surface area contributed by atoms with E-state index in [-0.39, 0.29) is 0 Å². The Morgan fingerprint density at radius 1 is 0.567 bits per heavy atom. The van der Waals surface area contributed by atoms with Crippen LogP contribution in [0.15, 0.2) is 48.5 Å². The SMILES string of the molecule is CC(C)C1CC([C]2[CH][CH]c3ccccc32)C(C(C)C)CC1[C]1[CH][CH]c2ccccc21. The highest BCUT2D eigenvalue weighted by atomic mass is 14.5. The molecule has 0 aliphatic heterocycles. The molecule has 4 atom stereocenters. The molecule has 30 heavy (non-hydrogen) atoms. The van der Waals surface area contributed by atoms with E-state index in [0.29, 0.717) is 23.7 Å². The lowest BCUT2D eigenvalue weighted by atomic mass is 9.56. The van der Waals surface area contributed by atoms with Crippen LogP contribution in [-0.4, -0.2) is 0 Å². The van der Waals surface area contributed by atoms with Crippen LogP contribution >= 0.6 is 0 Å². The molecule has 2 aromatic carbocycles. The number of hydrogen-bond donors (Lipinski definition) is 0. The molecule has 0 nitrogen and oxygen atoms in total. The highest BCUT2D eigenvalue weighted by Crippen LogP contribution is 2.56. The van der Waals surface area contributed by atoms with Gasteiger partial charge in [-0.3, -0.25) is 0 Å². The van der Waals surface area contributed by atoms with Crippen molar-refractivity contribution in [3.8, 4) is 0 Å². The zero-order valence-electron chi connectivity index (χ0n) is 18.8. The van der Waals surface area contributed by atoms with Crippen LogP contribution in [0.1, 0.15) is 62.8 Å². The summed E-state index contributed by atoms with van der Waals surface area (Å²) in [6.07, 6.45) is 12.1. The second-order valence-corrected chi connectivity index (χ2v) is 10.3. The predicted octanol–water partition coefficient (Wildman–Crippen LogP) is 7.34. The van der Waals surface area contributed by atoms with Gasteiger partial charge >= 0.3 is 0 Å². The first-order chi connectivity index (χ1) is 14.5. The molecule has 1 fully saturated rings. The molecule has 1 saturated carbocycles. The minimum atomic E-state index is 0.662. The lowest BCUT2D eigenvalue weighted by Gasteiger charge is -2.49. The summed E-state index contributed by atoms with van der Waals surface area (Å²) in [4.78, 5) is 0. The van der Waals surface area contributed by atoms with Gasteiger partial charge in [0.2, 0.25) is 0 Å². The van der Waals surface area contributed by atoms with Crippen molar-refractivity contribution in [3.63, 3.8) is 0 Å². The Bertz CT molecular complexity index is 802. The van der Waals surface area contributed by atoms with Crippen LogP contribution in [0, 0.1) is 73.0 Å². The van der Waals surface area contributed by atoms with Gasteiger partial charge in [0.05, 0.1) is 0 Å². The van der Waals surface area contributed by atoms with Gasteiger partial charge < -0.3 is 0 Å². The smallest absolute Gasteiger partial charge is 0.0127 e. The Morgan fingerprint density at radius 2 is 0.967 bits per heavy atom. The molecule has 6 radical (unpaired) electrons. The molecular formula is C30H34. The van der Waals surface area contributed by atoms with Crippen molar-refractivity contribution in [2.75, 3.05) is 0 Å². The molecule has 0 N–H and O–H groups in total. The van der Waals surface area contributed by atoms with E-state index in [9.17, 15) is 0 Å². The van der Waals surface area contributed by atoms with E-state index in [1.807, 2.05) is 0 Å². The Labute approximate surface area is 184 Å². The number of benzene rings is 2. The first kappa shape index (κ1) is 20.3. The molecule has 0 heterocycles. The van der Waals surface area contributed by atoms with Crippen molar-refractivity contribution in [1.82, 2.24) is 0 Å². The molecule has 3 aliphatic carbocycles. The van der Waals surface area contributed by atoms with Crippen molar-refractivity contribution in [2.24, 2.45) is 35.5 Å². The summed E-state index contributed by atoms with van der Waals surface area (Å²) in [5, 5.41) is 0. The number of hydrogen-bond acceptors (Lipinski definition) is 0. The Morgan fingerprint density at radius 3 is 1.37 bits per heavy atom. The summed E-state index contributed by atoms with van der Waals surface area (Å²) in [5.74, 6) is 7.36. The maximum atomic E-state index is 2.44. The largest absolute Gasteiger partial charge is 0.0625 e. The van der Waals surface area contributed by atoms with Crippen molar-refractivity contribution < 1.29 is 0 Å². The monoisotopic (exact) mass is 394 g/mol. The Balaban J connectivity index is 1.47. The number of fused-ring (bicyclic) bond motifs is 2. The molecule has 0 spiro atoms.